The molecule has 0 aliphatic rings. The SMILES string of the molecule is CCCSC(=O)C(C)(C)COC(c1ccccc1)(c1ccc(OC)cc1)c1ccc(OC)cc1. The van der Waals surface area contributed by atoms with E-state index in [2.05, 4.69) is 19.1 Å². The minimum absolute atomic E-state index is 0.140. The van der Waals surface area contributed by atoms with Crippen LogP contribution in [0.15, 0.2) is 78.9 Å². The molecule has 0 fully saturated rings. The molecule has 0 unspecified atom stereocenters. The van der Waals surface area contributed by atoms with Crippen LogP contribution in [0.4, 0.5) is 0 Å². The lowest BCUT2D eigenvalue weighted by Gasteiger charge is -2.38. The zero-order chi connectivity index (χ0) is 24.6. The Kier molecular flexibility index (Phi) is 8.81. The van der Waals surface area contributed by atoms with E-state index in [1.54, 1.807) is 14.2 Å². The second kappa shape index (κ2) is 11.6. The molecule has 5 heteroatoms. The highest BCUT2D eigenvalue weighted by Crippen LogP contribution is 2.43. The van der Waals surface area contributed by atoms with Gasteiger partial charge in [-0.05, 0) is 61.2 Å². The summed E-state index contributed by atoms with van der Waals surface area (Å²) in [5.41, 5.74) is 1.31. The number of ether oxygens (including phenoxy) is 3. The molecule has 0 atom stereocenters. The molecule has 180 valence electrons. The van der Waals surface area contributed by atoms with Gasteiger partial charge in [0.05, 0.1) is 26.2 Å². The number of benzene rings is 3. The molecule has 0 amide bonds. The summed E-state index contributed by atoms with van der Waals surface area (Å²) in [5.74, 6) is 2.35. The molecule has 34 heavy (non-hydrogen) atoms. The van der Waals surface area contributed by atoms with Crippen LogP contribution in [0.3, 0.4) is 0 Å². The van der Waals surface area contributed by atoms with Crippen molar-refractivity contribution in [2.75, 3.05) is 26.6 Å². The summed E-state index contributed by atoms with van der Waals surface area (Å²) in [7, 11) is 3.31. The summed E-state index contributed by atoms with van der Waals surface area (Å²) >= 11 is 1.38. The normalized spacial score (nSPS) is 11.8. The molecule has 3 aromatic rings. The molecule has 3 aromatic carbocycles. The standard InChI is InChI=1S/C29H34O4S/c1-6-20-34-27(30)28(2,3)21-33-29(22-10-8-7-9-11-22,23-12-16-25(31-4)17-13-23)24-14-18-26(32-5)19-15-24/h7-19H,6,20-21H2,1-5H3. The Morgan fingerprint density at radius 3 is 1.68 bits per heavy atom. The van der Waals surface area contributed by atoms with E-state index < -0.39 is 11.0 Å². The van der Waals surface area contributed by atoms with Gasteiger partial charge in [0.2, 0.25) is 0 Å². The van der Waals surface area contributed by atoms with Crippen LogP contribution in [-0.2, 0) is 15.1 Å². The van der Waals surface area contributed by atoms with E-state index in [-0.39, 0.29) is 11.7 Å². The molecule has 3 rings (SSSR count). The van der Waals surface area contributed by atoms with Crippen LogP contribution in [0.5, 0.6) is 11.5 Å². The average molecular weight is 479 g/mol. The Hall–Kier alpha value is -2.76. The first-order valence-corrected chi connectivity index (χ1v) is 12.5. The maximum atomic E-state index is 13.0. The summed E-state index contributed by atoms with van der Waals surface area (Å²) in [6.45, 7) is 6.25. The van der Waals surface area contributed by atoms with Gasteiger partial charge in [-0.1, -0.05) is 73.3 Å². The number of hydrogen-bond acceptors (Lipinski definition) is 5. The molecular weight excluding hydrogens is 444 g/mol. The highest BCUT2D eigenvalue weighted by molar-refractivity contribution is 8.13. The van der Waals surface area contributed by atoms with E-state index in [1.807, 2.05) is 80.6 Å². The monoisotopic (exact) mass is 478 g/mol. The van der Waals surface area contributed by atoms with Gasteiger partial charge in [-0.25, -0.2) is 0 Å². The van der Waals surface area contributed by atoms with Gasteiger partial charge in [-0.15, -0.1) is 0 Å². The van der Waals surface area contributed by atoms with Crippen molar-refractivity contribution in [1.29, 1.82) is 0 Å². The zero-order valence-corrected chi connectivity index (χ0v) is 21.5. The van der Waals surface area contributed by atoms with Gasteiger partial charge in [0.1, 0.15) is 17.1 Å². The third-order valence-electron chi connectivity index (χ3n) is 5.81. The van der Waals surface area contributed by atoms with Crippen molar-refractivity contribution in [3.05, 3.63) is 95.6 Å². The summed E-state index contributed by atoms with van der Waals surface area (Å²) in [5, 5.41) is 0.140. The minimum Gasteiger partial charge on any atom is -0.497 e. The molecule has 0 saturated carbocycles. The highest BCUT2D eigenvalue weighted by atomic mass is 32.2. The molecule has 0 heterocycles. The van der Waals surface area contributed by atoms with E-state index >= 15 is 0 Å². The Bertz CT molecular complexity index is 996. The van der Waals surface area contributed by atoms with E-state index in [9.17, 15) is 4.79 Å². The van der Waals surface area contributed by atoms with Crippen molar-refractivity contribution >= 4 is 16.9 Å². The molecular formula is C29H34O4S. The average Bonchev–Trinajstić information content (AvgIpc) is 2.88. The molecule has 0 bridgehead atoms. The van der Waals surface area contributed by atoms with Gasteiger partial charge >= 0.3 is 0 Å². The lowest BCUT2D eigenvalue weighted by atomic mass is 9.79. The van der Waals surface area contributed by atoms with Crippen molar-refractivity contribution in [2.24, 2.45) is 5.41 Å². The van der Waals surface area contributed by atoms with Crippen molar-refractivity contribution in [3.8, 4) is 11.5 Å². The fourth-order valence-corrected chi connectivity index (χ4v) is 4.65. The predicted molar refractivity (Wildman–Crippen MR) is 140 cm³/mol. The maximum absolute atomic E-state index is 13.0. The lowest BCUT2D eigenvalue weighted by Crippen LogP contribution is -2.38. The van der Waals surface area contributed by atoms with Crippen LogP contribution in [0, 0.1) is 5.41 Å². The van der Waals surface area contributed by atoms with E-state index in [0.29, 0.717) is 0 Å². The van der Waals surface area contributed by atoms with Crippen LogP contribution < -0.4 is 9.47 Å². The number of hydrogen-bond donors (Lipinski definition) is 0. The molecule has 0 radical (unpaired) electrons. The van der Waals surface area contributed by atoms with E-state index in [1.165, 1.54) is 11.8 Å². The Labute approximate surface area is 207 Å². The molecule has 4 nitrogen and oxygen atoms in total. The van der Waals surface area contributed by atoms with Crippen LogP contribution in [0.2, 0.25) is 0 Å². The predicted octanol–water partition coefficient (Wildman–Crippen LogP) is 6.71. The number of carbonyl (C=O) groups excluding carboxylic acids is 1. The second-order valence-corrected chi connectivity index (χ2v) is 9.88. The molecule has 0 saturated heterocycles. The number of rotatable bonds is 11. The first kappa shape index (κ1) is 25.9. The Morgan fingerprint density at radius 1 is 0.765 bits per heavy atom. The van der Waals surface area contributed by atoms with Crippen LogP contribution in [0.25, 0.3) is 0 Å². The van der Waals surface area contributed by atoms with Crippen molar-refractivity contribution in [1.82, 2.24) is 0 Å². The molecule has 0 aliphatic heterocycles. The second-order valence-electron chi connectivity index (χ2n) is 8.81. The molecule has 0 aromatic heterocycles. The Balaban J connectivity index is 2.15. The smallest absolute Gasteiger partial charge is 0.196 e. The molecule has 0 N–H and O–H groups in total. The molecule has 0 aliphatic carbocycles. The van der Waals surface area contributed by atoms with Crippen molar-refractivity contribution in [2.45, 2.75) is 32.8 Å². The molecule has 0 spiro atoms. The topological polar surface area (TPSA) is 44.8 Å². The zero-order valence-electron chi connectivity index (χ0n) is 20.7. The quantitative estimate of drug-likeness (QED) is 0.287. The fourth-order valence-electron chi connectivity index (χ4n) is 3.81. The summed E-state index contributed by atoms with van der Waals surface area (Å²) in [6, 6.07) is 26.0. The van der Waals surface area contributed by atoms with E-state index in [0.717, 1.165) is 40.4 Å². The lowest BCUT2D eigenvalue weighted by molar-refractivity contribution is -0.124. The van der Waals surface area contributed by atoms with Gasteiger partial charge in [-0.3, -0.25) is 4.79 Å². The number of carbonyl (C=O) groups is 1. The van der Waals surface area contributed by atoms with Crippen LogP contribution in [-0.4, -0.2) is 31.7 Å². The third-order valence-corrected chi connectivity index (χ3v) is 7.24. The number of thioether (sulfide) groups is 1. The Morgan fingerprint density at radius 2 is 1.24 bits per heavy atom. The summed E-state index contributed by atoms with van der Waals surface area (Å²) in [6.07, 6.45) is 0.957. The van der Waals surface area contributed by atoms with Crippen molar-refractivity contribution < 1.29 is 19.0 Å². The van der Waals surface area contributed by atoms with Gasteiger partial charge in [0.15, 0.2) is 5.12 Å². The van der Waals surface area contributed by atoms with Gasteiger partial charge < -0.3 is 14.2 Å². The van der Waals surface area contributed by atoms with Gasteiger partial charge in [0, 0.05) is 5.75 Å². The van der Waals surface area contributed by atoms with Gasteiger partial charge in [0.25, 0.3) is 0 Å². The van der Waals surface area contributed by atoms with Crippen molar-refractivity contribution in [3.63, 3.8) is 0 Å². The van der Waals surface area contributed by atoms with Crippen LogP contribution in [0.1, 0.15) is 43.9 Å². The first-order chi connectivity index (χ1) is 16.4. The van der Waals surface area contributed by atoms with E-state index in [4.69, 9.17) is 14.2 Å². The third kappa shape index (κ3) is 5.65. The van der Waals surface area contributed by atoms with Crippen LogP contribution >= 0.6 is 11.8 Å². The first-order valence-electron chi connectivity index (χ1n) is 11.5. The maximum Gasteiger partial charge on any atom is 0.196 e. The number of methoxy groups -OCH3 is 2. The minimum atomic E-state index is -0.924. The summed E-state index contributed by atoms with van der Waals surface area (Å²) in [4.78, 5) is 13.0. The van der Waals surface area contributed by atoms with Gasteiger partial charge in [-0.2, -0.15) is 0 Å². The summed E-state index contributed by atoms with van der Waals surface area (Å²) < 4.78 is 17.7. The largest absolute Gasteiger partial charge is 0.497 e. The fraction of sp³-hybridized carbons (Fsp3) is 0.345. The highest BCUT2D eigenvalue weighted by Gasteiger charge is 2.40.